The smallest absolute Gasteiger partial charge is 0.139 e. The van der Waals surface area contributed by atoms with E-state index >= 15 is 0 Å². The second kappa shape index (κ2) is 9.20. The molecule has 0 saturated carbocycles. The molecule has 0 saturated heterocycles. The van der Waals surface area contributed by atoms with Crippen LogP contribution in [0, 0.1) is 11.8 Å². The van der Waals surface area contributed by atoms with Crippen LogP contribution in [0.2, 0.25) is 0 Å². The molecule has 0 spiro atoms. The van der Waals surface area contributed by atoms with E-state index in [9.17, 15) is 0 Å². The van der Waals surface area contributed by atoms with E-state index in [0.29, 0.717) is 11.8 Å². The highest BCUT2D eigenvalue weighted by molar-refractivity contribution is 6.33. The highest BCUT2D eigenvalue weighted by atomic mass is 14.8. The molecule has 2 unspecified atom stereocenters. The highest BCUT2D eigenvalue weighted by Gasteiger charge is 2.15. The van der Waals surface area contributed by atoms with Crippen LogP contribution in [0.25, 0.3) is 11.0 Å². The van der Waals surface area contributed by atoms with Gasteiger partial charge in [-0.2, -0.15) is 0 Å². The lowest BCUT2D eigenvalue weighted by molar-refractivity contribution is 0.484. The van der Waals surface area contributed by atoms with Crippen LogP contribution in [0.3, 0.4) is 0 Å². The summed E-state index contributed by atoms with van der Waals surface area (Å²) in [6.07, 6.45) is 8.48. The number of hydrogen-bond donors (Lipinski definition) is 0. The van der Waals surface area contributed by atoms with E-state index < -0.39 is 0 Å². The first-order chi connectivity index (χ1) is 11.5. The Morgan fingerprint density at radius 3 is 2.12 bits per heavy atom. The van der Waals surface area contributed by atoms with Gasteiger partial charge in [0.2, 0.25) is 0 Å². The molecule has 1 aromatic heterocycles. The van der Waals surface area contributed by atoms with Crippen LogP contribution in [0.15, 0.2) is 18.2 Å². The Morgan fingerprint density at radius 1 is 0.875 bits per heavy atom. The first kappa shape index (κ1) is 19.0. The van der Waals surface area contributed by atoms with Crippen LogP contribution in [0.1, 0.15) is 71.2 Å². The Hall–Kier alpha value is -1.38. The van der Waals surface area contributed by atoms with Gasteiger partial charge < -0.3 is 0 Å². The zero-order chi connectivity index (χ0) is 17.5. The SMILES string of the molecule is Bc1ccc2nc(CC(C)CCCC)c(CC(C)CCC)nc2c1. The van der Waals surface area contributed by atoms with Crippen LogP contribution < -0.4 is 5.46 Å². The van der Waals surface area contributed by atoms with Crippen molar-refractivity contribution in [1.82, 2.24) is 9.97 Å². The predicted molar refractivity (Wildman–Crippen MR) is 108 cm³/mol. The molecule has 1 heterocycles. The molecule has 2 aromatic rings. The van der Waals surface area contributed by atoms with Gasteiger partial charge in [0.1, 0.15) is 7.85 Å². The van der Waals surface area contributed by atoms with Crippen molar-refractivity contribution in [2.75, 3.05) is 0 Å². The third kappa shape index (κ3) is 5.32. The summed E-state index contributed by atoms with van der Waals surface area (Å²) in [4.78, 5) is 10.0. The molecule has 1 aromatic carbocycles. The van der Waals surface area contributed by atoms with Gasteiger partial charge in [0, 0.05) is 0 Å². The standard InChI is InChI=1S/C21H33BN2/c1-5-7-9-16(4)13-19-20(12-15(3)8-6-2)24-21-14-17(22)10-11-18(21)23-19/h10-11,14-16H,5-9,12-13,22H2,1-4H3. The summed E-state index contributed by atoms with van der Waals surface area (Å²) in [7, 11) is 2.13. The molecule has 0 aliphatic heterocycles. The molecule has 24 heavy (non-hydrogen) atoms. The molecule has 0 radical (unpaired) electrons. The van der Waals surface area contributed by atoms with Crippen molar-refractivity contribution >= 4 is 24.3 Å². The fourth-order valence-corrected chi connectivity index (χ4v) is 3.47. The third-order valence-electron chi connectivity index (χ3n) is 4.89. The average Bonchev–Trinajstić information content (AvgIpc) is 2.54. The molecule has 3 heteroatoms. The first-order valence-electron chi connectivity index (χ1n) is 9.79. The summed E-state index contributed by atoms with van der Waals surface area (Å²) in [5.41, 5.74) is 5.83. The largest absolute Gasteiger partial charge is 0.249 e. The summed E-state index contributed by atoms with van der Waals surface area (Å²) in [5.74, 6) is 1.36. The van der Waals surface area contributed by atoms with Crippen molar-refractivity contribution in [1.29, 1.82) is 0 Å². The lowest BCUT2D eigenvalue weighted by Crippen LogP contribution is -2.12. The number of aromatic nitrogens is 2. The van der Waals surface area contributed by atoms with Gasteiger partial charge >= 0.3 is 0 Å². The molecule has 0 bridgehead atoms. The fourth-order valence-electron chi connectivity index (χ4n) is 3.47. The van der Waals surface area contributed by atoms with Crippen molar-refractivity contribution in [3.63, 3.8) is 0 Å². The average molecular weight is 324 g/mol. The van der Waals surface area contributed by atoms with E-state index in [-0.39, 0.29) is 0 Å². The quantitative estimate of drug-likeness (QED) is 0.645. The predicted octanol–water partition coefficient (Wildman–Crippen LogP) is 4.24. The van der Waals surface area contributed by atoms with Crippen LogP contribution in [-0.4, -0.2) is 17.8 Å². The number of rotatable bonds is 9. The molecule has 0 N–H and O–H groups in total. The Bertz CT molecular complexity index is 654. The summed E-state index contributed by atoms with van der Waals surface area (Å²) in [5, 5.41) is 0. The Kier molecular flexibility index (Phi) is 7.26. The van der Waals surface area contributed by atoms with Crippen molar-refractivity contribution in [2.45, 2.75) is 72.6 Å². The molecule has 0 fully saturated rings. The summed E-state index contributed by atoms with van der Waals surface area (Å²) < 4.78 is 0. The molecule has 2 atom stereocenters. The molecule has 0 aliphatic carbocycles. The molecule has 130 valence electrons. The molecule has 0 aliphatic rings. The van der Waals surface area contributed by atoms with E-state index in [1.165, 1.54) is 49.0 Å². The summed E-state index contributed by atoms with van der Waals surface area (Å²) in [6.45, 7) is 9.23. The van der Waals surface area contributed by atoms with Gasteiger partial charge in [0.25, 0.3) is 0 Å². The third-order valence-corrected chi connectivity index (χ3v) is 4.89. The van der Waals surface area contributed by atoms with Crippen LogP contribution >= 0.6 is 0 Å². The molecule has 0 amide bonds. The molecular formula is C21H33BN2. The number of benzene rings is 1. The van der Waals surface area contributed by atoms with Crippen molar-refractivity contribution in [3.8, 4) is 0 Å². The van der Waals surface area contributed by atoms with Gasteiger partial charge in [0.15, 0.2) is 0 Å². The van der Waals surface area contributed by atoms with E-state index in [0.717, 1.165) is 23.9 Å². The number of unbranched alkanes of at least 4 members (excludes halogenated alkanes) is 1. The van der Waals surface area contributed by atoms with E-state index in [4.69, 9.17) is 9.97 Å². The van der Waals surface area contributed by atoms with Gasteiger partial charge in [-0.1, -0.05) is 71.3 Å². The number of nitrogens with zero attached hydrogens (tertiary/aromatic N) is 2. The Morgan fingerprint density at radius 2 is 1.50 bits per heavy atom. The van der Waals surface area contributed by atoms with Gasteiger partial charge in [-0.05, 0) is 36.8 Å². The topological polar surface area (TPSA) is 25.8 Å². The minimum atomic E-state index is 0.677. The maximum Gasteiger partial charge on any atom is 0.139 e. The normalized spacial score (nSPS) is 14.0. The van der Waals surface area contributed by atoms with Gasteiger partial charge in [-0.15, -0.1) is 0 Å². The highest BCUT2D eigenvalue weighted by Crippen LogP contribution is 2.22. The summed E-state index contributed by atoms with van der Waals surface area (Å²) >= 11 is 0. The summed E-state index contributed by atoms with van der Waals surface area (Å²) in [6, 6.07) is 6.43. The number of fused-ring (bicyclic) bond motifs is 1. The van der Waals surface area contributed by atoms with Gasteiger partial charge in [-0.3, -0.25) is 0 Å². The minimum Gasteiger partial charge on any atom is -0.249 e. The first-order valence-corrected chi connectivity index (χ1v) is 9.79. The molecule has 2 rings (SSSR count). The lowest BCUT2D eigenvalue weighted by Gasteiger charge is -2.17. The van der Waals surface area contributed by atoms with Crippen LogP contribution in [-0.2, 0) is 12.8 Å². The van der Waals surface area contributed by atoms with E-state index in [1.54, 1.807) is 0 Å². The van der Waals surface area contributed by atoms with Gasteiger partial charge in [0.05, 0.1) is 22.4 Å². The molecular weight excluding hydrogens is 291 g/mol. The van der Waals surface area contributed by atoms with Gasteiger partial charge in [-0.25, -0.2) is 9.97 Å². The maximum absolute atomic E-state index is 5.03. The Balaban J connectivity index is 2.31. The molecule has 2 nitrogen and oxygen atoms in total. The van der Waals surface area contributed by atoms with Crippen molar-refractivity contribution in [3.05, 3.63) is 29.6 Å². The zero-order valence-electron chi connectivity index (χ0n) is 16.2. The van der Waals surface area contributed by atoms with Crippen molar-refractivity contribution in [2.24, 2.45) is 11.8 Å². The number of hydrogen-bond acceptors (Lipinski definition) is 2. The van der Waals surface area contributed by atoms with Crippen LogP contribution in [0.4, 0.5) is 0 Å². The maximum atomic E-state index is 5.03. The second-order valence-electron chi connectivity index (χ2n) is 7.66. The van der Waals surface area contributed by atoms with Crippen molar-refractivity contribution < 1.29 is 0 Å². The fraction of sp³-hybridized carbons (Fsp3) is 0.619. The Labute approximate surface area is 148 Å². The second-order valence-corrected chi connectivity index (χ2v) is 7.66. The van der Waals surface area contributed by atoms with E-state index in [2.05, 4.69) is 53.7 Å². The zero-order valence-corrected chi connectivity index (χ0v) is 16.2. The van der Waals surface area contributed by atoms with E-state index in [1.807, 2.05) is 0 Å². The van der Waals surface area contributed by atoms with Crippen LogP contribution in [0.5, 0.6) is 0 Å². The monoisotopic (exact) mass is 324 g/mol. The minimum absolute atomic E-state index is 0.677. The lowest BCUT2D eigenvalue weighted by atomic mass is 9.93.